The molecule has 0 N–H and O–H groups in total. The molecule has 1 heterocycles. The Morgan fingerprint density at radius 2 is 1.67 bits per heavy atom. The zero-order valence-corrected chi connectivity index (χ0v) is 16.5. The molecule has 1 amide bonds. The quantitative estimate of drug-likeness (QED) is 0.799. The predicted molar refractivity (Wildman–Crippen MR) is 105 cm³/mol. The van der Waals surface area contributed by atoms with E-state index in [1.165, 1.54) is 18.4 Å². The summed E-state index contributed by atoms with van der Waals surface area (Å²) in [5, 5.41) is 0. The van der Waals surface area contributed by atoms with Crippen LogP contribution >= 0.6 is 0 Å². The monoisotopic (exact) mass is 387 g/mol. The highest BCUT2D eigenvalue weighted by Crippen LogP contribution is 2.32. The molecule has 1 atom stereocenters. The van der Waals surface area contributed by atoms with Crippen molar-refractivity contribution in [3.8, 4) is 5.75 Å². The first-order valence-corrected chi connectivity index (χ1v) is 11.0. The fraction of sp³-hybridized carbons (Fsp3) is 0.381. The van der Waals surface area contributed by atoms with Crippen LogP contribution in [0, 0.1) is 0 Å². The second-order valence-corrected chi connectivity index (χ2v) is 8.95. The van der Waals surface area contributed by atoms with E-state index >= 15 is 0 Å². The molecule has 1 aliphatic heterocycles. The van der Waals surface area contributed by atoms with E-state index in [0.717, 1.165) is 37.0 Å². The number of likely N-dealkylation sites (tertiary alicyclic amines) is 1. The van der Waals surface area contributed by atoms with Gasteiger partial charge in [0.1, 0.15) is 5.75 Å². The molecule has 2 aromatic carbocycles. The summed E-state index contributed by atoms with van der Waals surface area (Å²) >= 11 is 0. The number of carbonyl (C=O) groups is 1. The summed E-state index contributed by atoms with van der Waals surface area (Å²) in [5.74, 6) is 0.736. The van der Waals surface area contributed by atoms with Crippen LogP contribution < -0.4 is 4.74 Å². The van der Waals surface area contributed by atoms with Gasteiger partial charge in [0.05, 0.1) is 18.0 Å². The van der Waals surface area contributed by atoms with Crippen molar-refractivity contribution in [1.82, 2.24) is 4.90 Å². The number of ether oxygens (including phenoxy) is 1. The first-order chi connectivity index (χ1) is 12.9. The fourth-order valence-corrected chi connectivity index (χ4v) is 4.17. The third-order valence-electron chi connectivity index (χ3n) is 5.04. The Kier molecular flexibility index (Phi) is 5.85. The van der Waals surface area contributed by atoms with Crippen molar-refractivity contribution in [2.45, 2.75) is 36.6 Å². The molecule has 0 spiro atoms. The SMILES string of the molecule is COc1ccc(C2CCCCCN2C(=O)c2ccc(S(C)(=O)=O)cc2)cc1. The zero-order chi connectivity index (χ0) is 19.4. The Balaban J connectivity index is 1.89. The zero-order valence-electron chi connectivity index (χ0n) is 15.7. The fourth-order valence-electron chi connectivity index (χ4n) is 3.53. The number of amides is 1. The van der Waals surface area contributed by atoms with Crippen LogP contribution in [-0.2, 0) is 9.84 Å². The van der Waals surface area contributed by atoms with Gasteiger partial charge in [-0.05, 0) is 54.8 Å². The minimum Gasteiger partial charge on any atom is -0.497 e. The number of rotatable bonds is 4. The second kappa shape index (κ2) is 8.13. The van der Waals surface area contributed by atoms with Crippen LogP contribution in [0.5, 0.6) is 5.75 Å². The molecule has 5 nitrogen and oxygen atoms in total. The molecule has 1 unspecified atom stereocenters. The molecule has 0 saturated carbocycles. The molecule has 0 aromatic heterocycles. The van der Waals surface area contributed by atoms with Gasteiger partial charge in [-0.1, -0.05) is 25.0 Å². The van der Waals surface area contributed by atoms with Gasteiger partial charge in [-0.15, -0.1) is 0 Å². The summed E-state index contributed by atoms with van der Waals surface area (Å²) in [4.78, 5) is 15.3. The maximum Gasteiger partial charge on any atom is 0.254 e. The van der Waals surface area contributed by atoms with Gasteiger partial charge in [0.15, 0.2) is 9.84 Å². The maximum atomic E-state index is 13.2. The van der Waals surface area contributed by atoms with E-state index in [4.69, 9.17) is 4.74 Å². The third kappa shape index (κ3) is 4.50. The summed E-state index contributed by atoms with van der Waals surface area (Å²) < 4.78 is 28.5. The van der Waals surface area contributed by atoms with Crippen molar-refractivity contribution in [2.75, 3.05) is 19.9 Å². The molecule has 1 fully saturated rings. The van der Waals surface area contributed by atoms with Crippen LogP contribution in [0.1, 0.15) is 47.6 Å². The van der Waals surface area contributed by atoms with Crippen molar-refractivity contribution in [1.29, 1.82) is 0 Å². The summed E-state index contributed by atoms with van der Waals surface area (Å²) in [7, 11) is -1.64. The molecule has 2 aromatic rings. The summed E-state index contributed by atoms with van der Waals surface area (Å²) in [5.41, 5.74) is 1.61. The first kappa shape index (κ1) is 19.4. The van der Waals surface area contributed by atoms with E-state index in [2.05, 4.69) is 0 Å². The molecule has 0 aliphatic carbocycles. The molecule has 0 radical (unpaired) electrons. The highest BCUT2D eigenvalue weighted by molar-refractivity contribution is 7.90. The normalized spacial score (nSPS) is 18.0. The molecule has 1 aliphatic rings. The summed E-state index contributed by atoms with van der Waals surface area (Å²) in [6, 6.07) is 14.1. The Morgan fingerprint density at radius 1 is 1.00 bits per heavy atom. The number of nitrogens with zero attached hydrogens (tertiary/aromatic N) is 1. The van der Waals surface area contributed by atoms with Crippen LogP contribution in [-0.4, -0.2) is 39.1 Å². The Hall–Kier alpha value is -2.34. The van der Waals surface area contributed by atoms with Crippen LogP contribution in [0.2, 0.25) is 0 Å². The van der Waals surface area contributed by atoms with Gasteiger partial charge in [0.25, 0.3) is 5.91 Å². The van der Waals surface area contributed by atoms with E-state index in [9.17, 15) is 13.2 Å². The van der Waals surface area contributed by atoms with Gasteiger partial charge >= 0.3 is 0 Å². The number of hydrogen-bond acceptors (Lipinski definition) is 4. The lowest BCUT2D eigenvalue weighted by Crippen LogP contribution is -2.34. The van der Waals surface area contributed by atoms with Gasteiger partial charge in [0.2, 0.25) is 0 Å². The number of methoxy groups -OCH3 is 1. The molecule has 144 valence electrons. The molecule has 3 rings (SSSR count). The lowest BCUT2D eigenvalue weighted by molar-refractivity contribution is 0.0681. The van der Waals surface area contributed by atoms with E-state index in [1.54, 1.807) is 19.2 Å². The van der Waals surface area contributed by atoms with Crippen LogP contribution in [0.4, 0.5) is 0 Å². The molecule has 27 heavy (non-hydrogen) atoms. The average molecular weight is 388 g/mol. The number of sulfone groups is 1. The van der Waals surface area contributed by atoms with Crippen LogP contribution in [0.3, 0.4) is 0 Å². The number of hydrogen-bond donors (Lipinski definition) is 0. The van der Waals surface area contributed by atoms with Crippen LogP contribution in [0.15, 0.2) is 53.4 Å². The Bertz CT molecular complexity index is 889. The molecule has 0 bridgehead atoms. The third-order valence-corrected chi connectivity index (χ3v) is 6.17. The smallest absolute Gasteiger partial charge is 0.254 e. The predicted octanol–water partition coefficient (Wildman–Crippen LogP) is 3.86. The first-order valence-electron chi connectivity index (χ1n) is 9.15. The summed E-state index contributed by atoms with van der Waals surface area (Å²) in [6.45, 7) is 0.698. The lowest BCUT2D eigenvalue weighted by atomic mass is 10.00. The van der Waals surface area contributed by atoms with Gasteiger partial charge in [0, 0.05) is 18.4 Å². The van der Waals surface area contributed by atoms with E-state index < -0.39 is 9.84 Å². The van der Waals surface area contributed by atoms with Crippen molar-refractivity contribution >= 4 is 15.7 Å². The standard InChI is InChI=1S/C21H25NO4S/c1-26-18-11-7-16(8-12-18)20-6-4-3-5-15-22(20)21(23)17-9-13-19(14-10-17)27(2,24)25/h7-14,20H,3-6,15H2,1-2H3. The summed E-state index contributed by atoms with van der Waals surface area (Å²) in [6.07, 6.45) is 5.23. The Morgan fingerprint density at radius 3 is 2.26 bits per heavy atom. The van der Waals surface area contributed by atoms with Crippen LogP contribution in [0.25, 0.3) is 0 Å². The van der Waals surface area contributed by atoms with E-state index in [1.807, 2.05) is 29.2 Å². The van der Waals surface area contributed by atoms with E-state index in [0.29, 0.717) is 12.1 Å². The second-order valence-electron chi connectivity index (χ2n) is 6.93. The molecular weight excluding hydrogens is 362 g/mol. The minimum atomic E-state index is -3.27. The highest BCUT2D eigenvalue weighted by atomic mass is 32.2. The van der Waals surface area contributed by atoms with Crippen molar-refractivity contribution in [3.05, 3.63) is 59.7 Å². The lowest BCUT2D eigenvalue weighted by Gasteiger charge is -2.31. The highest BCUT2D eigenvalue weighted by Gasteiger charge is 2.27. The van der Waals surface area contributed by atoms with Crippen molar-refractivity contribution < 1.29 is 17.9 Å². The molecule has 6 heteroatoms. The Labute approximate surface area is 160 Å². The number of carbonyl (C=O) groups excluding carboxylic acids is 1. The topological polar surface area (TPSA) is 63.7 Å². The van der Waals surface area contributed by atoms with Gasteiger partial charge in [-0.3, -0.25) is 4.79 Å². The van der Waals surface area contributed by atoms with Crippen molar-refractivity contribution in [2.24, 2.45) is 0 Å². The minimum absolute atomic E-state index is 0.0143. The van der Waals surface area contributed by atoms with Gasteiger partial charge < -0.3 is 9.64 Å². The van der Waals surface area contributed by atoms with Crippen molar-refractivity contribution in [3.63, 3.8) is 0 Å². The maximum absolute atomic E-state index is 13.2. The average Bonchev–Trinajstić information content (AvgIpc) is 2.93. The number of benzene rings is 2. The molecular formula is C21H25NO4S. The van der Waals surface area contributed by atoms with Gasteiger partial charge in [-0.25, -0.2) is 8.42 Å². The largest absolute Gasteiger partial charge is 0.497 e. The van der Waals surface area contributed by atoms with E-state index in [-0.39, 0.29) is 16.8 Å². The molecule has 1 saturated heterocycles. The van der Waals surface area contributed by atoms with Gasteiger partial charge in [-0.2, -0.15) is 0 Å².